The molecule has 0 aliphatic carbocycles. The van der Waals surface area contributed by atoms with Gasteiger partial charge in [0.05, 0.1) is 10.5 Å². The molecule has 0 saturated carbocycles. The molecule has 1 aliphatic rings. The summed E-state index contributed by atoms with van der Waals surface area (Å²) in [6, 6.07) is 13.3. The highest BCUT2D eigenvalue weighted by molar-refractivity contribution is 7.85. The predicted molar refractivity (Wildman–Crippen MR) is 102 cm³/mol. The largest absolute Gasteiger partial charge is 0.378 e. The predicted octanol–water partition coefficient (Wildman–Crippen LogP) is 3.29. The molecule has 140 valence electrons. The molecule has 2 aromatic carbocycles. The third kappa shape index (κ3) is 3.67. The molecule has 1 aliphatic heterocycles. The molecular formula is C19H19N3O4S. The summed E-state index contributed by atoms with van der Waals surface area (Å²) in [5.41, 5.74) is 1.82. The lowest BCUT2D eigenvalue weighted by Gasteiger charge is -2.21. The van der Waals surface area contributed by atoms with Crippen molar-refractivity contribution in [1.82, 2.24) is 0 Å². The van der Waals surface area contributed by atoms with Crippen LogP contribution >= 0.6 is 0 Å². The Morgan fingerprint density at radius 3 is 2.15 bits per heavy atom. The van der Waals surface area contributed by atoms with Crippen LogP contribution in [0.1, 0.15) is 18.1 Å². The van der Waals surface area contributed by atoms with Crippen LogP contribution in [0.15, 0.2) is 69.2 Å². The summed E-state index contributed by atoms with van der Waals surface area (Å²) in [5.74, 6) is -0.437. The standard InChI is InChI=1S/C19H19N3O4S/c1-19(14-6-10-16(11-7-14)27(24,25)26)17(18(23)20-21-19)12-13-4-8-15(9-5-13)22(2)3/h4-12H,1-3H3,(H,24,25,26). The van der Waals surface area contributed by atoms with Gasteiger partial charge in [-0.3, -0.25) is 9.35 Å². The van der Waals surface area contributed by atoms with Crippen LogP contribution in [-0.2, 0) is 20.5 Å². The molecule has 8 heteroatoms. The monoisotopic (exact) mass is 385 g/mol. The fraction of sp³-hybridized carbons (Fsp3) is 0.211. The van der Waals surface area contributed by atoms with Gasteiger partial charge in [0.15, 0.2) is 0 Å². The maximum atomic E-state index is 12.3. The minimum atomic E-state index is -4.29. The molecule has 2 aromatic rings. The van der Waals surface area contributed by atoms with E-state index >= 15 is 0 Å². The van der Waals surface area contributed by atoms with E-state index in [1.54, 1.807) is 13.0 Å². The van der Waals surface area contributed by atoms with Gasteiger partial charge in [-0.2, -0.15) is 13.5 Å². The van der Waals surface area contributed by atoms with Gasteiger partial charge in [-0.05, 0) is 48.4 Å². The molecule has 1 unspecified atom stereocenters. The average Bonchev–Trinajstić information content (AvgIpc) is 2.91. The molecule has 0 spiro atoms. The molecule has 0 aromatic heterocycles. The lowest BCUT2D eigenvalue weighted by molar-refractivity contribution is -0.114. The van der Waals surface area contributed by atoms with Crippen LogP contribution in [0.25, 0.3) is 6.08 Å². The average molecular weight is 385 g/mol. The minimum Gasteiger partial charge on any atom is -0.378 e. The number of amides is 1. The number of rotatable bonds is 4. The van der Waals surface area contributed by atoms with Gasteiger partial charge in [-0.15, -0.1) is 5.11 Å². The summed E-state index contributed by atoms with van der Waals surface area (Å²) < 4.78 is 31.6. The summed E-state index contributed by atoms with van der Waals surface area (Å²) in [6.45, 7) is 1.74. The van der Waals surface area contributed by atoms with Crippen molar-refractivity contribution < 1.29 is 17.8 Å². The first kappa shape index (κ1) is 18.9. The Labute approximate surface area is 157 Å². The molecule has 1 atom stereocenters. The van der Waals surface area contributed by atoms with Crippen molar-refractivity contribution in [2.24, 2.45) is 10.2 Å². The van der Waals surface area contributed by atoms with Gasteiger partial charge in [-0.1, -0.05) is 24.3 Å². The summed E-state index contributed by atoms with van der Waals surface area (Å²) >= 11 is 0. The van der Waals surface area contributed by atoms with E-state index in [-0.39, 0.29) is 4.90 Å². The van der Waals surface area contributed by atoms with Gasteiger partial charge in [0.25, 0.3) is 16.0 Å². The second-order valence-corrected chi connectivity index (χ2v) is 8.04. The molecule has 27 heavy (non-hydrogen) atoms. The van der Waals surface area contributed by atoms with Crippen molar-refractivity contribution >= 4 is 27.8 Å². The smallest absolute Gasteiger partial charge is 0.294 e. The van der Waals surface area contributed by atoms with Crippen LogP contribution in [0.3, 0.4) is 0 Å². The molecule has 0 radical (unpaired) electrons. The number of carbonyl (C=O) groups is 1. The maximum absolute atomic E-state index is 12.3. The third-order valence-corrected chi connectivity index (χ3v) is 5.40. The molecule has 0 bridgehead atoms. The van der Waals surface area contributed by atoms with E-state index in [0.29, 0.717) is 11.1 Å². The van der Waals surface area contributed by atoms with Gasteiger partial charge in [0.2, 0.25) is 0 Å². The van der Waals surface area contributed by atoms with E-state index in [1.165, 1.54) is 24.3 Å². The second kappa shape index (κ2) is 6.71. The minimum absolute atomic E-state index is 0.221. The van der Waals surface area contributed by atoms with Gasteiger partial charge in [-0.25, -0.2) is 0 Å². The molecule has 1 heterocycles. The quantitative estimate of drug-likeness (QED) is 0.643. The topological polar surface area (TPSA) is 99.4 Å². The Balaban J connectivity index is 2.00. The molecule has 1 N–H and O–H groups in total. The van der Waals surface area contributed by atoms with Crippen LogP contribution in [-0.4, -0.2) is 33.0 Å². The lowest BCUT2D eigenvalue weighted by Crippen LogP contribution is -2.21. The van der Waals surface area contributed by atoms with E-state index in [0.717, 1.165) is 11.3 Å². The highest BCUT2D eigenvalue weighted by Gasteiger charge is 2.40. The zero-order chi connectivity index (χ0) is 19.8. The number of benzene rings is 2. The highest BCUT2D eigenvalue weighted by atomic mass is 32.2. The maximum Gasteiger partial charge on any atom is 0.294 e. The number of anilines is 1. The Morgan fingerprint density at radius 1 is 1.04 bits per heavy atom. The summed E-state index contributed by atoms with van der Waals surface area (Å²) in [5, 5.41) is 7.82. The lowest BCUT2D eigenvalue weighted by atomic mass is 9.84. The zero-order valence-electron chi connectivity index (χ0n) is 15.1. The Kier molecular flexibility index (Phi) is 4.71. The fourth-order valence-electron chi connectivity index (χ4n) is 2.86. The normalized spacial score (nSPS) is 21.0. The second-order valence-electron chi connectivity index (χ2n) is 6.62. The molecule has 0 saturated heterocycles. The first-order valence-corrected chi connectivity index (χ1v) is 9.60. The summed E-state index contributed by atoms with van der Waals surface area (Å²) in [6.07, 6.45) is 1.73. The molecular weight excluding hydrogens is 366 g/mol. The Morgan fingerprint density at radius 2 is 1.63 bits per heavy atom. The number of nitrogens with zero attached hydrogens (tertiary/aromatic N) is 3. The van der Waals surface area contributed by atoms with Gasteiger partial charge < -0.3 is 4.90 Å². The van der Waals surface area contributed by atoms with Crippen molar-refractivity contribution in [1.29, 1.82) is 0 Å². The van der Waals surface area contributed by atoms with Crippen LogP contribution in [0.2, 0.25) is 0 Å². The van der Waals surface area contributed by atoms with Crippen molar-refractivity contribution in [3.8, 4) is 0 Å². The van der Waals surface area contributed by atoms with Crippen molar-refractivity contribution in [3.63, 3.8) is 0 Å². The zero-order valence-corrected chi connectivity index (χ0v) is 15.9. The summed E-state index contributed by atoms with van der Waals surface area (Å²) in [4.78, 5) is 14.1. The number of carbonyl (C=O) groups excluding carboxylic acids is 1. The van der Waals surface area contributed by atoms with Crippen LogP contribution < -0.4 is 4.90 Å². The van der Waals surface area contributed by atoms with E-state index in [1.807, 2.05) is 43.3 Å². The molecule has 0 fully saturated rings. The van der Waals surface area contributed by atoms with Crippen LogP contribution in [0.5, 0.6) is 0 Å². The number of hydrogen-bond donors (Lipinski definition) is 1. The van der Waals surface area contributed by atoms with Crippen molar-refractivity contribution in [2.45, 2.75) is 17.4 Å². The van der Waals surface area contributed by atoms with E-state index in [9.17, 15) is 13.2 Å². The third-order valence-electron chi connectivity index (χ3n) is 4.53. The van der Waals surface area contributed by atoms with E-state index in [4.69, 9.17) is 4.55 Å². The Hall–Kier alpha value is -2.84. The SMILES string of the molecule is CN(C)c1ccc(C=C2C(=O)N=NC2(C)c2ccc(S(=O)(=O)O)cc2)cc1. The van der Waals surface area contributed by atoms with Gasteiger partial charge in [0, 0.05) is 19.8 Å². The number of azo groups is 1. The highest BCUT2D eigenvalue weighted by Crippen LogP contribution is 2.40. The molecule has 1 amide bonds. The Bertz CT molecular complexity index is 1040. The first-order valence-electron chi connectivity index (χ1n) is 8.16. The van der Waals surface area contributed by atoms with E-state index in [2.05, 4.69) is 10.2 Å². The van der Waals surface area contributed by atoms with Crippen molar-refractivity contribution in [2.75, 3.05) is 19.0 Å². The summed E-state index contributed by atoms with van der Waals surface area (Å²) in [7, 11) is -0.400. The number of hydrogen-bond acceptors (Lipinski definition) is 5. The van der Waals surface area contributed by atoms with Gasteiger partial charge in [0.1, 0.15) is 5.54 Å². The fourth-order valence-corrected chi connectivity index (χ4v) is 3.34. The first-order chi connectivity index (χ1) is 12.6. The van der Waals surface area contributed by atoms with Crippen LogP contribution in [0, 0.1) is 0 Å². The van der Waals surface area contributed by atoms with Crippen LogP contribution in [0.4, 0.5) is 5.69 Å². The van der Waals surface area contributed by atoms with Gasteiger partial charge >= 0.3 is 0 Å². The van der Waals surface area contributed by atoms with E-state index < -0.39 is 21.6 Å². The molecule has 7 nitrogen and oxygen atoms in total. The van der Waals surface area contributed by atoms with Crippen molar-refractivity contribution in [3.05, 3.63) is 65.2 Å². The molecule has 3 rings (SSSR count).